The highest BCUT2D eigenvalue weighted by Crippen LogP contribution is 2.05. The van der Waals surface area contributed by atoms with Crippen molar-refractivity contribution in [3.8, 4) is 0 Å². The molecule has 1 unspecified atom stereocenters. The first-order valence-corrected chi connectivity index (χ1v) is 5.27. The van der Waals surface area contributed by atoms with Crippen molar-refractivity contribution in [2.45, 2.75) is 46.8 Å². The number of ether oxygens (including phenoxy) is 1. The average Bonchev–Trinajstić information content (AvgIpc) is 2.03. The summed E-state index contributed by atoms with van der Waals surface area (Å²) < 4.78 is 5.68. The Hall–Kier alpha value is -0.0800. The molecule has 0 spiro atoms. The minimum absolute atomic E-state index is 0.376. The molecule has 0 aromatic heterocycles. The molecule has 80 valence electrons. The monoisotopic (exact) mass is 187 g/mol. The van der Waals surface area contributed by atoms with Crippen LogP contribution in [0, 0.1) is 5.92 Å². The Balaban J connectivity index is 3.45. The van der Waals surface area contributed by atoms with E-state index in [4.69, 9.17) is 4.74 Å². The van der Waals surface area contributed by atoms with E-state index < -0.39 is 0 Å². The van der Waals surface area contributed by atoms with Crippen LogP contribution >= 0.6 is 0 Å². The summed E-state index contributed by atoms with van der Waals surface area (Å²) in [7, 11) is 2.13. The van der Waals surface area contributed by atoms with Gasteiger partial charge in [-0.3, -0.25) is 0 Å². The number of nitrogens with zero attached hydrogens (tertiary/aromatic N) is 1. The number of hydrogen-bond acceptors (Lipinski definition) is 2. The van der Waals surface area contributed by atoms with Crippen LogP contribution in [-0.4, -0.2) is 37.2 Å². The van der Waals surface area contributed by atoms with Crippen molar-refractivity contribution in [3.63, 3.8) is 0 Å². The van der Waals surface area contributed by atoms with Crippen LogP contribution in [0.15, 0.2) is 0 Å². The summed E-state index contributed by atoms with van der Waals surface area (Å²) in [6.07, 6.45) is 0.376. The molecule has 0 N–H and O–H groups in total. The first-order chi connectivity index (χ1) is 5.95. The van der Waals surface area contributed by atoms with Gasteiger partial charge in [0, 0.05) is 12.6 Å². The third-order valence-corrected chi connectivity index (χ3v) is 2.65. The number of likely N-dealkylation sites (N-methyl/N-ethyl adjacent to an activating group) is 1. The van der Waals surface area contributed by atoms with E-state index in [1.54, 1.807) is 0 Å². The van der Waals surface area contributed by atoms with Gasteiger partial charge in [0.05, 0.1) is 12.7 Å². The first-order valence-electron chi connectivity index (χ1n) is 5.27. The summed E-state index contributed by atoms with van der Waals surface area (Å²) in [5, 5.41) is 0. The van der Waals surface area contributed by atoms with Crippen molar-refractivity contribution in [2.75, 3.05) is 20.2 Å². The highest BCUT2D eigenvalue weighted by Gasteiger charge is 2.08. The molecule has 0 rings (SSSR count). The van der Waals surface area contributed by atoms with Gasteiger partial charge >= 0.3 is 0 Å². The van der Waals surface area contributed by atoms with E-state index >= 15 is 0 Å². The van der Waals surface area contributed by atoms with Gasteiger partial charge in [0.25, 0.3) is 0 Å². The average molecular weight is 187 g/mol. The Kier molecular flexibility index (Phi) is 6.35. The van der Waals surface area contributed by atoms with Crippen LogP contribution in [0.3, 0.4) is 0 Å². The van der Waals surface area contributed by atoms with Crippen LogP contribution < -0.4 is 0 Å². The van der Waals surface area contributed by atoms with Gasteiger partial charge in [-0.2, -0.15) is 0 Å². The molecule has 0 aliphatic heterocycles. The molecule has 0 aromatic rings. The van der Waals surface area contributed by atoms with Crippen LogP contribution in [0.1, 0.15) is 34.6 Å². The van der Waals surface area contributed by atoms with E-state index in [9.17, 15) is 0 Å². The molecular formula is C11H25NO. The number of rotatable bonds is 6. The molecule has 0 saturated heterocycles. The van der Waals surface area contributed by atoms with E-state index in [-0.39, 0.29) is 0 Å². The molecule has 0 fully saturated rings. The minimum Gasteiger partial charge on any atom is -0.377 e. The molecule has 0 radical (unpaired) electrons. The smallest absolute Gasteiger partial charge is 0.0597 e. The zero-order chi connectivity index (χ0) is 10.4. The van der Waals surface area contributed by atoms with Crippen LogP contribution in [0.4, 0.5) is 0 Å². The molecule has 13 heavy (non-hydrogen) atoms. The Bertz CT molecular complexity index is 109. The van der Waals surface area contributed by atoms with Crippen molar-refractivity contribution in [3.05, 3.63) is 0 Å². The highest BCUT2D eigenvalue weighted by molar-refractivity contribution is 4.58. The third-order valence-electron chi connectivity index (χ3n) is 2.65. The first kappa shape index (κ1) is 12.9. The Labute approximate surface area is 83.3 Å². The van der Waals surface area contributed by atoms with E-state index in [0.29, 0.717) is 18.1 Å². The molecular weight excluding hydrogens is 162 g/mol. The highest BCUT2D eigenvalue weighted by atomic mass is 16.5. The summed E-state index contributed by atoms with van der Waals surface area (Å²) in [6.45, 7) is 12.8. The lowest BCUT2D eigenvalue weighted by atomic mass is 10.1. The fraction of sp³-hybridized carbons (Fsp3) is 1.00. The molecule has 0 aliphatic rings. The summed E-state index contributed by atoms with van der Waals surface area (Å²) >= 11 is 0. The van der Waals surface area contributed by atoms with Crippen molar-refractivity contribution in [2.24, 2.45) is 5.92 Å². The maximum atomic E-state index is 5.68. The summed E-state index contributed by atoms with van der Waals surface area (Å²) in [4.78, 5) is 2.30. The summed E-state index contributed by atoms with van der Waals surface area (Å²) in [5.41, 5.74) is 0. The second-order valence-electron chi connectivity index (χ2n) is 4.39. The van der Waals surface area contributed by atoms with Gasteiger partial charge in [0.1, 0.15) is 0 Å². The van der Waals surface area contributed by atoms with Crippen LogP contribution in [0.2, 0.25) is 0 Å². The van der Waals surface area contributed by atoms with Gasteiger partial charge in [0.15, 0.2) is 0 Å². The molecule has 0 saturated carbocycles. The quantitative estimate of drug-likeness (QED) is 0.633. The Morgan fingerprint density at radius 1 is 1.08 bits per heavy atom. The van der Waals surface area contributed by atoms with Crippen LogP contribution in [0.5, 0.6) is 0 Å². The SMILES string of the molecule is CC(C)C(C)OCCN(C)C(C)C. The largest absolute Gasteiger partial charge is 0.377 e. The minimum atomic E-state index is 0.376. The van der Waals surface area contributed by atoms with Crippen molar-refractivity contribution < 1.29 is 4.74 Å². The van der Waals surface area contributed by atoms with Crippen LogP contribution in [0.25, 0.3) is 0 Å². The van der Waals surface area contributed by atoms with Crippen molar-refractivity contribution in [1.29, 1.82) is 0 Å². The van der Waals surface area contributed by atoms with E-state index in [1.165, 1.54) is 0 Å². The molecule has 2 nitrogen and oxygen atoms in total. The summed E-state index contributed by atoms with van der Waals surface area (Å²) in [6, 6.07) is 0.609. The van der Waals surface area contributed by atoms with Gasteiger partial charge in [-0.1, -0.05) is 13.8 Å². The topological polar surface area (TPSA) is 12.5 Å². The van der Waals surface area contributed by atoms with Gasteiger partial charge in [-0.05, 0) is 33.7 Å². The predicted octanol–water partition coefficient (Wildman–Crippen LogP) is 2.39. The molecule has 0 heterocycles. The second-order valence-corrected chi connectivity index (χ2v) is 4.39. The summed E-state index contributed by atoms with van der Waals surface area (Å²) in [5.74, 6) is 0.615. The third kappa shape index (κ3) is 6.05. The van der Waals surface area contributed by atoms with E-state index in [2.05, 4.69) is 46.6 Å². The lowest BCUT2D eigenvalue weighted by Crippen LogP contribution is -2.31. The predicted molar refractivity (Wildman–Crippen MR) is 58.0 cm³/mol. The lowest BCUT2D eigenvalue weighted by molar-refractivity contribution is 0.0220. The van der Waals surface area contributed by atoms with Gasteiger partial charge in [-0.25, -0.2) is 0 Å². The van der Waals surface area contributed by atoms with Crippen LogP contribution in [-0.2, 0) is 4.74 Å². The zero-order valence-electron chi connectivity index (χ0n) is 10.0. The molecule has 0 bridgehead atoms. The normalized spacial score (nSPS) is 14.5. The molecule has 0 aliphatic carbocycles. The Morgan fingerprint density at radius 3 is 2.00 bits per heavy atom. The maximum Gasteiger partial charge on any atom is 0.0597 e. The Morgan fingerprint density at radius 2 is 1.62 bits per heavy atom. The van der Waals surface area contributed by atoms with E-state index in [0.717, 1.165) is 13.2 Å². The molecule has 0 amide bonds. The van der Waals surface area contributed by atoms with Gasteiger partial charge < -0.3 is 9.64 Å². The van der Waals surface area contributed by atoms with Crippen molar-refractivity contribution >= 4 is 0 Å². The van der Waals surface area contributed by atoms with E-state index in [1.807, 2.05) is 0 Å². The van der Waals surface area contributed by atoms with Gasteiger partial charge in [0.2, 0.25) is 0 Å². The fourth-order valence-corrected chi connectivity index (χ4v) is 0.833. The molecule has 0 aromatic carbocycles. The fourth-order valence-electron chi connectivity index (χ4n) is 0.833. The number of hydrogen-bond donors (Lipinski definition) is 0. The maximum absolute atomic E-state index is 5.68. The zero-order valence-corrected chi connectivity index (χ0v) is 10.0. The standard InChI is InChI=1S/C11H25NO/c1-9(2)11(5)13-8-7-12(6)10(3)4/h9-11H,7-8H2,1-6H3. The molecule has 1 atom stereocenters. The van der Waals surface area contributed by atoms with Gasteiger partial charge in [-0.15, -0.1) is 0 Å². The van der Waals surface area contributed by atoms with Crippen molar-refractivity contribution in [1.82, 2.24) is 4.90 Å². The molecule has 2 heteroatoms. The lowest BCUT2D eigenvalue weighted by Gasteiger charge is -2.23. The second kappa shape index (κ2) is 6.39.